The van der Waals surface area contributed by atoms with Crippen molar-refractivity contribution in [2.45, 2.75) is 12.8 Å². The number of rotatable bonds is 4. The Hall–Kier alpha value is -0.830. The molecule has 3 heteroatoms. The van der Waals surface area contributed by atoms with Crippen LogP contribution < -0.4 is 0 Å². The molecule has 68 valence electrons. The number of hydrogen-bond donors (Lipinski definition) is 1. The van der Waals surface area contributed by atoms with Gasteiger partial charge in [-0.2, -0.15) is 0 Å². The van der Waals surface area contributed by atoms with E-state index in [1.54, 1.807) is 0 Å². The zero-order valence-electron chi connectivity index (χ0n) is 7.19. The molecule has 1 aliphatic rings. The van der Waals surface area contributed by atoms with Gasteiger partial charge in [-0.05, 0) is 24.7 Å². The maximum Gasteiger partial charge on any atom is 0.330 e. The number of allylic oxidation sites excluding steroid dienone is 1. The molecule has 0 unspecified atom stereocenters. The molecule has 1 aliphatic carbocycles. The summed E-state index contributed by atoms with van der Waals surface area (Å²) in [6.07, 6.45) is 5.26. The molecule has 1 fully saturated rings. The van der Waals surface area contributed by atoms with Crippen LogP contribution in [0.1, 0.15) is 12.8 Å². The normalized spacial score (nSPS) is 27.5. The molecule has 0 aromatic carbocycles. The van der Waals surface area contributed by atoms with E-state index in [0.717, 1.165) is 12.8 Å². The monoisotopic (exact) mass is 170 g/mol. The van der Waals surface area contributed by atoms with Gasteiger partial charge in [0, 0.05) is 12.7 Å². The van der Waals surface area contributed by atoms with E-state index < -0.39 is 0 Å². The Balaban J connectivity index is 2.18. The first-order valence-corrected chi connectivity index (χ1v) is 4.15. The van der Waals surface area contributed by atoms with Gasteiger partial charge in [0.2, 0.25) is 0 Å². The van der Waals surface area contributed by atoms with Crippen LogP contribution in [0.4, 0.5) is 0 Å². The average Bonchev–Trinajstić information content (AvgIpc) is 2.80. The molecule has 0 radical (unpaired) electrons. The largest absolute Gasteiger partial charge is 0.466 e. The zero-order chi connectivity index (χ0) is 8.97. The summed E-state index contributed by atoms with van der Waals surface area (Å²) in [7, 11) is 1.37. The van der Waals surface area contributed by atoms with Crippen LogP contribution in [0.3, 0.4) is 0 Å². The van der Waals surface area contributed by atoms with E-state index in [-0.39, 0.29) is 12.6 Å². The lowest BCUT2D eigenvalue weighted by Crippen LogP contribution is -1.94. The highest BCUT2D eigenvalue weighted by Gasteiger charge is 2.33. The second kappa shape index (κ2) is 4.26. The average molecular weight is 170 g/mol. The summed E-state index contributed by atoms with van der Waals surface area (Å²) in [5.74, 6) is 0.761. The number of carbonyl (C=O) groups is 1. The van der Waals surface area contributed by atoms with Gasteiger partial charge < -0.3 is 9.84 Å². The predicted octanol–water partition coefficient (Wildman–Crippen LogP) is 0.734. The van der Waals surface area contributed by atoms with Crippen molar-refractivity contribution in [1.82, 2.24) is 0 Å². The molecule has 2 atom stereocenters. The molecule has 0 aromatic heterocycles. The van der Waals surface area contributed by atoms with Crippen LogP contribution in [-0.2, 0) is 9.53 Å². The zero-order valence-corrected chi connectivity index (χ0v) is 7.19. The molecule has 0 saturated heterocycles. The number of ether oxygens (including phenoxy) is 1. The highest BCUT2D eigenvalue weighted by Crippen LogP contribution is 2.41. The minimum absolute atomic E-state index is 0.243. The van der Waals surface area contributed by atoms with Gasteiger partial charge in [0.25, 0.3) is 0 Å². The number of hydrogen-bond acceptors (Lipinski definition) is 3. The van der Waals surface area contributed by atoms with E-state index in [1.807, 2.05) is 6.08 Å². The Morgan fingerprint density at radius 3 is 3.08 bits per heavy atom. The number of aliphatic hydroxyl groups excluding tert-OH is 1. The first-order valence-electron chi connectivity index (χ1n) is 4.15. The van der Waals surface area contributed by atoms with Gasteiger partial charge in [0.1, 0.15) is 0 Å². The Kier molecular flexibility index (Phi) is 3.29. The minimum atomic E-state index is -0.301. The molecule has 0 heterocycles. The van der Waals surface area contributed by atoms with E-state index in [4.69, 9.17) is 5.11 Å². The number of methoxy groups -OCH3 is 1. The summed E-state index contributed by atoms with van der Waals surface area (Å²) >= 11 is 0. The molecule has 0 aliphatic heterocycles. The van der Waals surface area contributed by atoms with Crippen LogP contribution in [0.5, 0.6) is 0 Å². The molecule has 1 N–H and O–H groups in total. The van der Waals surface area contributed by atoms with Gasteiger partial charge in [-0.3, -0.25) is 0 Å². The predicted molar refractivity (Wildman–Crippen MR) is 44.5 cm³/mol. The smallest absolute Gasteiger partial charge is 0.330 e. The van der Waals surface area contributed by atoms with Crippen molar-refractivity contribution in [1.29, 1.82) is 0 Å². The Labute approximate surface area is 72.0 Å². The summed E-state index contributed by atoms with van der Waals surface area (Å²) < 4.78 is 4.45. The molecule has 12 heavy (non-hydrogen) atoms. The van der Waals surface area contributed by atoms with E-state index in [1.165, 1.54) is 13.2 Å². The molecular weight excluding hydrogens is 156 g/mol. The SMILES string of the molecule is COC(=O)/C=C/[C@@H]1C[C@@H]1CCO. The van der Waals surface area contributed by atoms with Gasteiger partial charge in [0.15, 0.2) is 0 Å². The Morgan fingerprint density at radius 2 is 2.50 bits per heavy atom. The van der Waals surface area contributed by atoms with E-state index in [9.17, 15) is 4.79 Å². The third kappa shape index (κ3) is 2.66. The molecule has 0 bridgehead atoms. The molecule has 3 nitrogen and oxygen atoms in total. The van der Waals surface area contributed by atoms with Crippen molar-refractivity contribution in [3.63, 3.8) is 0 Å². The second-order valence-electron chi connectivity index (χ2n) is 3.05. The summed E-state index contributed by atoms with van der Waals surface area (Å²) in [5.41, 5.74) is 0. The van der Waals surface area contributed by atoms with Crippen LogP contribution in [-0.4, -0.2) is 24.8 Å². The van der Waals surface area contributed by atoms with Crippen LogP contribution >= 0.6 is 0 Å². The number of carbonyl (C=O) groups excluding carboxylic acids is 1. The Bertz CT molecular complexity index is 186. The van der Waals surface area contributed by atoms with E-state index in [2.05, 4.69) is 4.74 Å². The fraction of sp³-hybridized carbons (Fsp3) is 0.667. The number of aliphatic hydroxyl groups is 1. The standard InChI is InChI=1S/C9H14O3/c1-12-9(11)3-2-7-6-8(7)4-5-10/h2-3,7-8,10H,4-6H2,1H3/b3-2+/t7-,8+/m1/s1. The maximum absolute atomic E-state index is 10.7. The van der Waals surface area contributed by atoms with Crippen LogP contribution in [0.15, 0.2) is 12.2 Å². The van der Waals surface area contributed by atoms with Crippen LogP contribution in [0.25, 0.3) is 0 Å². The quantitative estimate of drug-likeness (QED) is 0.500. The fourth-order valence-corrected chi connectivity index (χ4v) is 1.27. The molecular formula is C9H14O3. The lowest BCUT2D eigenvalue weighted by molar-refractivity contribution is -0.134. The number of esters is 1. The van der Waals surface area contributed by atoms with E-state index >= 15 is 0 Å². The molecule has 1 rings (SSSR count). The highest BCUT2D eigenvalue weighted by atomic mass is 16.5. The van der Waals surface area contributed by atoms with Crippen LogP contribution in [0.2, 0.25) is 0 Å². The van der Waals surface area contributed by atoms with E-state index in [0.29, 0.717) is 11.8 Å². The first kappa shape index (κ1) is 9.26. The first-order chi connectivity index (χ1) is 5.77. The minimum Gasteiger partial charge on any atom is -0.466 e. The summed E-state index contributed by atoms with van der Waals surface area (Å²) in [6.45, 7) is 0.243. The molecule has 0 aromatic rings. The van der Waals surface area contributed by atoms with Crippen LogP contribution in [0, 0.1) is 11.8 Å². The van der Waals surface area contributed by atoms with Crippen molar-refractivity contribution >= 4 is 5.97 Å². The molecule has 0 amide bonds. The third-order valence-electron chi connectivity index (χ3n) is 2.16. The third-order valence-corrected chi connectivity index (χ3v) is 2.16. The van der Waals surface area contributed by atoms with Crippen molar-refractivity contribution in [3.05, 3.63) is 12.2 Å². The molecule has 1 saturated carbocycles. The second-order valence-corrected chi connectivity index (χ2v) is 3.05. The van der Waals surface area contributed by atoms with Gasteiger partial charge in [-0.25, -0.2) is 4.79 Å². The van der Waals surface area contributed by atoms with Gasteiger partial charge in [-0.1, -0.05) is 6.08 Å². The summed E-state index contributed by atoms with van der Waals surface area (Å²) in [6, 6.07) is 0. The summed E-state index contributed by atoms with van der Waals surface area (Å²) in [4.78, 5) is 10.7. The van der Waals surface area contributed by atoms with Gasteiger partial charge in [0.05, 0.1) is 7.11 Å². The lowest BCUT2D eigenvalue weighted by Gasteiger charge is -1.90. The van der Waals surface area contributed by atoms with Crippen molar-refractivity contribution in [2.75, 3.05) is 13.7 Å². The topological polar surface area (TPSA) is 46.5 Å². The van der Waals surface area contributed by atoms with Gasteiger partial charge in [-0.15, -0.1) is 0 Å². The van der Waals surface area contributed by atoms with Crippen molar-refractivity contribution < 1.29 is 14.6 Å². The highest BCUT2D eigenvalue weighted by molar-refractivity contribution is 5.81. The molecule has 0 spiro atoms. The van der Waals surface area contributed by atoms with Crippen molar-refractivity contribution in [3.8, 4) is 0 Å². The van der Waals surface area contributed by atoms with Gasteiger partial charge >= 0.3 is 5.97 Å². The lowest BCUT2D eigenvalue weighted by atomic mass is 10.2. The maximum atomic E-state index is 10.7. The fourth-order valence-electron chi connectivity index (χ4n) is 1.27. The Morgan fingerprint density at radius 1 is 1.75 bits per heavy atom. The van der Waals surface area contributed by atoms with Crippen molar-refractivity contribution in [2.24, 2.45) is 11.8 Å². The summed E-state index contributed by atoms with van der Waals surface area (Å²) in [5, 5.41) is 8.60.